The number of halogens is 2. The van der Waals surface area contributed by atoms with Crippen molar-refractivity contribution in [2.45, 2.75) is 12.8 Å². The molecule has 0 amide bonds. The van der Waals surface area contributed by atoms with E-state index >= 15 is 0 Å². The van der Waals surface area contributed by atoms with Gasteiger partial charge < -0.3 is 9.47 Å². The Morgan fingerprint density at radius 3 is 2.35 bits per heavy atom. The van der Waals surface area contributed by atoms with Gasteiger partial charge in [-0.2, -0.15) is 0 Å². The highest BCUT2D eigenvalue weighted by Crippen LogP contribution is 2.49. The van der Waals surface area contributed by atoms with Gasteiger partial charge in [0.25, 0.3) is 0 Å². The molecule has 0 saturated carbocycles. The molecule has 3 rings (SSSR count). The number of hydrogen-bond donors (Lipinski definition) is 0. The minimum absolute atomic E-state index is 0.0876. The van der Waals surface area contributed by atoms with E-state index in [1.807, 2.05) is 12.1 Å². The molecule has 1 heterocycles. The molecule has 4 nitrogen and oxygen atoms in total. The summed E-state index contributed by atoms with van der Waals surface area (Å²) >= 11 is 12.1. The van der Waals surface area contributed by atoms with Crippen molar-refractivity contribution in [2.75, 3.05) is 14.2 Å². The second kappa shape index (κ2) is 4.79. The number of rotatable bonds is 2. The van der Waals surface area contributed by atoms with Crippen LogP contribution in [0, 0.1) is 0 Å². The molecule has 1 aliphatic carbocycles. The SMILES string of the molecule is COc1cc2c(cc1OC)C(C)c1c(Cl)nc(Cl)nc1-2. The standard InChI is InChI=1S/C14H12Cl2N2O2/c1-6-7-4-9(19-2)10(20-3)5-8(7)12-11(6)13(15)18-14(16)17-12/h4-6H,1-3H3. The second-order valence-corrected chi connectivity index (χ2v) is 5.26. The Labute approximate surface area is 126 Å². The van der Waals surface area contributed by atoms with Crippen molar-refractivity contribution >= 4 is 23.2 Å². The molecule has 1 aromatic heterocycles. The maximum absolute atomic E-state index is 6.21. The third-order valence-electron chi connectivity index (χ3n) is 3.58. The number of fused-ring (bicyclic) bond motifs is 3. The lowest BCUT2D eigenvalue weighted by Gasteiger charge is -2.11. The normalized spacial score (nSPS) is 15.8. The third kappa shape index (κ3) is 1.83. The van der Waals surface area contributed by atoms with E-state index in [4.69, 9.17) is 32.7 Å². The number of ether oxygens (including phenoxy) is 2. The Kier molecular flexibility index (Phi) is 3.22. The highest BCUT2D eigenvalue weighted by atomic mass is 35.5. The van der Waals surface area contributed by atoms with Crippen LogP contribution in [-0.2, 0) is 0 Å². The molecule has 20 heavy (non-hydrogen) atoms. The molecule has 1 aromatic carbocycles. The quantitative estimate of drug-likeness (QED) is 0.622. The molecule has 1 unspecified atom stereocenters. The van der Waals surface area contributed by atoms with Crippen LogP contribution in [0.1, 0.15) is 24.0 Å². The minimum atomic E-state index is 0.0876. The zero-order chi connectivity index (χ0) is 14.4. The number of aromatic nitrogens is 2. The van der Waals surface area contributed by atoms with E-state index in [9.17, 15) is 0 Å². The zero-order valence-electron chi connectivity index (χ0n) is 11.2. The lowest BCUT2D eigenvalue weighted by atomic mass is 10.00. The predicted octanol–water partition coefficient (Wildman–Crippen LogP) is 3.93. The number of benzene rings is 1. The molecule has 0 aliphatic heterocycles. The van der Waals surface area contributed by atoms with Crippen molar-refractivity contribution < 1.29 is 9.47 Å². The lowest BCUT2D eigenvalue weighted by molar-refractivity contribution is 0.354. The fraction of sp³-hybridized carbons (Fsp3) is 0.286. The van der Waals surface area contributed by atoms with Crippen LogP contribution in [0.5, 0.6) is 11.5 Å². The van der Waals surface area contributed by atoms with Crippen LogP contribution in [-0.4, -0.2) is 24.2 Å². The summed E-state index contributed by atoms with van der Waals surface area (Å²) in [5, 5.41) is 0.533. The van der Waals surface area contributed by atoms with Gasteiger partial charge in [-0.3, -0.25) is 0 Å². The maximum Gasteiger partial charge on any atom is 0.224 e. The maximum atomic E-state index is 6.21. The van der Waals surface area contributed by atoms with Gasteiger partial charge in [0.05, 0.1) is 19.9 Å². The number of nitrogens with zero attached hydrogens (tertiary/aromatic N) is 2. The first kappa shape index (κ1) is 13.5. The van der Waals surface area contributed by atoms with Crippen molar-refractivity contribution in [1.29, 1.82) is 0 Å². The first-order valence-corrected chi connectivity index (χ1v) is 6.81. The van der Waals surface area contributed by atoms with Gasteiger partial charge in [0.15, 0.2) is 11.5 Å². The Balaban J connectivity index is 2.30. The Morgan fingerprint density at radius 2 is 1.70 bits per heavy atom. The Bertz CT molecular complexity index is 704. The Morgan fingerprint density at radius 1 is 1.05 bits per heavy atom. The first-order valence-electron chi connectivity index (χ1n) is 6.06. The highest BCUT2D eigenvalue weighted by molar-refractivity contribution is 6.33. The van der Waals surface area contributed by atoms with Crippen LogP contribution in [0.25, 0.3) is 11.3 Å². The van der Waals surface area contributed by atoms with E-state index in [1.165, 1.54) is 0 Å². The van der Waals surface area contributed by atoms with Crippen molar-refractivity contribution in [3.63, 3.8) is 0 Å². The second-order valence-electron chi connectivity index (χ2n) is 4.56. The van der Waals surface area contributed by atoms with Crippen molar-refractivity contribution in [1.82, 2.24) is 9.97 Å². The molecule has 6 heteroatoms. The van der Waals surface area contributed by atoms with Gasteiger partial charge in [-0.1, -0.05) is 18.5 Å². The van der Waals surface area contributed by atoms with Crippen molar-refractivity contribution in [2.24, 2.45) is 0 Å². The Hall–Kier alpha value is -1.52. The predicted molar refractivity (Wildman–Crippen MR) is 78.1 cm³/mol. The van der Waals surface area contributed by atoms with E-state index in [1.54, 1.807) is 14.2 Å². The van der Waals surface area contributed by atoms with Crippen LogP contribution < -0.4 is 9.47 Å². The molecule has 0 fully saturated rings. The van der Waals surface area contributed by atoms with Crippen LogP contribution in [0.4, 0.5) is 0 Å². The monoisotopic (exact) mass is 310 g/mol. The fourth-order valence-corrected chi connectivity index (χ4v) is 3.16. The molecule has 0 spiro atoms. The molecule has 0 N–H and O–H groups in total. The average Bonchev–Trinajstić information content (AvgIpc) is 2.70. The van der Waals surface area contributed by atoms with Gasteiger partial charge in [0, 0.05) is 17.0 Å². The van der Waals surface area contributed by atoms with E-state index in [0.717, 1.165) is 22.4 Å². The number of methoxy groups -OCH3 is 2. The van der Waals surface area contributed by atoms with E-state index in [-0.39, 0.29) is 11.2 Å². The topological polar surface area (TPSA) is 44.2 Å². The number of hydrogen-bond acceptors (Lipinski definition) is 4. The summed E-state index contributed by atoms with van der Waals surface area (Å²) in [4.78, 5) is 8.33. The minimum Gasteiger partial charge on any atom is -0.493 e. The van der Waals surface area contributed by atoms with Gasteiger partial charge in [-0.05, 0) is 29.3 Å². The molecular formula is C14H12Cl2N2O2. The molecule has 0 radical (unpaired) electrons. The molecule has 0 bridgehead atoms. The molecule has 2 aromatic rings. The van der Waals surface area contributed by atoms with E-state index in [0.29, 0.717) is 16.7 Å². The molecule has 1 aliphatic rings. The van der Waals surface area contributed by atoms with Crippen LogP contribution in [0.15, 0.2) is 12.1 Å². The molecule has 0 saturated heterocycles. The van der Waals surface area contributed by atoms with Gasteiger partial charge in [0.2, 0.25) is 5.28 Å². The van der Waals surface area contributed by atoms with Crippen LogP contribution in [0.3, 0.4) is 0 Å². The summed E-state index contributed by atoms with van der Waals surface area (Å²) < 4.78 is 10.7. The first-order chi connectivity index (χ1) is 9.56. The highest BCUT2D eigenvalue weighted by Gasteiger charge is 2.32. The summed E-state index contributed by atoms with van der Waals surface area (Å²) in [5.41, 5.74) is 3.69. The van der Waals surface area contributed by atoms with E-state index < -0.39 is 0 Å². The van der Waals surface area contributed by atoms with Gasteiger partial charge >= 0.3 is 0 Å². The molecule has 104 valence electrons. The zero-order valence-corrected chi connectivity index (χ0v) is 12.7. The van der Waals surface area contributed by atoms with Gasteiger partial charge in [-0.15, -0.1) is 0 Å². The van der Waals surface area contributed by atoms with Crippen LogP contribution >= 0.6 is 23.2 Å². The van der Waals surface area contributed by atoms with Crippen molar-refractivity contribution in [3.05, 3.63) is 33.7 Å². The van der Waals surface area contributed by atoms with E-state index in [2.05, 4.69) is 16.9 Å². The smallest absolute Gasteiger partial charge is 0.224 e. The summed E-state index contributed by atoms with van der Waals surface area (Å²) in [6.07, 6.45) is 0. The van der Waals surface area contributed by atoms with Gasteiger partial charge in [0.1, 0.15) is 5.15 Å². The van der Waals surface area contributed by atoms with Gasteiger partial charge in [-0.25, -0.2) is 9.97 Å². The third-order valence-corrected chi connectivity index (χ3v) is 4.04. The summed E-state index contributed by atoms with van der Waals surface area (Å²) in [6.45, 7) is 2.06. The van der Waals surface area contributed by atoms with Crippen molar-refractivity contribution in [3.8, 4) is 22.8 Å². The molecular weight excluding hydrogens is 299 g/mol. The summed E-state index contributed by atoms with van der Waals surface area (Å²) in [6, 6.07) is 3.85. The largest absolute Gasteiger partial charge is 0.493 e. The lowest BCUT2D eigenvalue weighted by Crippen LogP contribution is -1.95. The van der Waals surface area contributed by atoms with Crippen LogP contribution in [0.2, 0.25) is 10.4 Å². The summed E-state index contributed by atoms with van der Waals surface area (Å²) in [7, 11) is 3.21. The average molecular weight is 311 g/mol. The fourth-order valence-electron chi connectivity index (χ4n) is 2.62. The molecule has 1 atom stereocenters. The summed E-state index contributed by atoms with van der Waals surface area (Å²) in [5.74, 6) is 1.42.